The summed E-state index contributed by atoms with van der Waals surface area (Å²) < 4.78 is 16.6. The van der Waals surface area contributed by atoms with Crippen molar-refractivity contribution in [3.63, 3.8) is 0 Å². The molecule has 1 aliphatic heterocycles. The van der Waals surface area contributed by atoms with Crippen LogP contribution in [0.2, 0.25) is 0 Å². The Morgan fingerprint density at radius 2 is 1.76 bits per heavy atom. The van der Waals surface area contributed by atoms with Crippen molar-refractivity contribution in [2.75, 3.05) is 13.7 Å². The third-order valence-corrected chi connectivity index (χ3v) is 6.40. The summed E-state index contributed by atoms with van der Waals surface area (Å²) in [4.78, 5) is 27.3. The molecule has 0 aliphatic carbocycles. The minimum atomic E-state index is -1.20. The van der Waals surface area contributed by atoms with Crippen LogP contribution in [0.1, 0.15) is 29.2 Å². The minimum Gasteiger partial charge on any atom is -0.493 e. The van der Waals surface area contributed by atoms with E-state index in [1.165, 1.54) is 7.11 Å². The highest BCUT2D eigenvalue weighted by atomic mass is 16.6. The Balaban J connectivity index is 1.52. The Labute approximate surface area is 216 Å². The fourth-order valence-corrected chi connectivity index (χ4v) is 4.44. The summed E-state index contributed by atoms with van der Waals surface area (Å²) >= 11 is 0. The van der Waals surface area contributed by atoms with Gasteiger partial charge >= 0.3 is 6.09 Å². The van der Waals surface area contributed by atoms with Crippen molar-refractivity contribution >= 4 is 12.0 Å². The van der Waals surface area contributed by atoms with E-state index in [9.17, 15) is 14.7 Å². The van der Waals surface area contributed by atoms with Crippen LogP contribution in [-0.2, 0) is 22.6 Å². The zero-order valence-electron chi connectivity index (χ0n) is 20.8. The topological polar surface area (TPSA) is 85.3 Å². The van der Waals surface area contributed by atoms with E-state index in [1.54, 1.807) is 24.3 Å². The second-order valence-corrected chi connectivity index (χ2v) is 8.89. The van der Waals surface area contributed by atoms with Crippen LogP contribution in [0, 0.1) is 5.92 Å². The van der Waals surface area contributed by atoms with Crippen LogP contribution in [0.5, 0.6) is 11.5 Å². The highest BCUT2D eigenvalue weighted by Crippen LogP contribution is 2.35. The van der Waals surface area contributed by atoms with Crippen LogP contribution in [0.4, 0.5) is 4.79 Å². The Kier molecular flexibility index (Phi) is 8.59. The number of cyclic esters (lactones) is 1. The van der Waals surface area contributed by atoms with Gasteiger partial charge in [0.15, 0.2) is 11.5 Å². The molecule has 192 valence electrons. The number of aliphatic hydroxyl groups excluding tert-OH is 1. The van der Waals surface area contributed by atoms with Crippen LogP contribution < -0.4 is 9.47 Å². The SMILES string of the molecule is C=CC[C@@H](C(=O)N1C(=O)OC[C@@H]1Cc1ccccc1)[C@H](O)c1ccc(OCc2ccccc2)c(OC)c1. The van der Waals surface area contributed by atoms with E-state index in [0.29, 0.717) is 30.1 Å². The van der Waals surface area contributed by atoms with Gasteiger partial charge in [-0.05, 0) is 41.7 Å². The maximum Gasteiger partial charge on any atom is 0.416 e. The van der Waals surface area contributed by atoms with E-state index in [4.69, 9.17) is 14.2 Å². The summed E-state index contributed by atoms with van der Waals surface area (Å²) in [6, 6.07) is 23.9. The van der Waals surface area contributed by atoms with Crippen molar-refractivity contribution in [2.24, 2.45) is 5.92 Å². The number of amides is 2. The number of hydrogen-bond donors (Lipinski definition) is 1. The minimum absolute atomic E-state index is 0.109. The second kappa shape index (κ2) is 12.2. The lowest BCUT2D eigenvalue weighted by atomic mass is 9.90. The summed E-state index contributed by atoms with van der Waals surface area (Å²) in [6.07, 6.45) is 0.309. The van der Waals surface area contributed by atoms with Gasteiger partial charge in [-0.2, -0.15) is 0 Å². The van der Waals surface area contributed by atoms with E-state index in [1.807, 2.05) is 60.7 Å². The molecule has 0 aromatic heterocycles. The standard InChI is InChI=1S/C30H31NO6/c1-3-10-25(29(33)31-24(20-37-30(31)34)17-21-11-6-4-7-12-21)28(32)23-15-16-26(27(18-23)35-2)36-19-22-13-8-5-9-14-22/h3-9,11-16,18,24-25,28,32H,1,10,17,19-20H2,2H3/t24-,25+,28+/m0/s1. The molecule has 7 heteroatoms. The maximum atomic E-state index is 13.6. The lowest BCUT2D eigenvalue weighted by Gasteiger charge is -2.28. The van der Waals surface area contributed by atoms with Crippen molar-refractivity contribution in [3.8, 4) is 11.5 Å². The lowest BCUT2D eigenvalue weighted by Crippen LogP contribution is -2.45. The fraction of sp³-hybridized carbons (Fsp3) is 0.267. The molecule has 1 heterocycles. The molecule has 1 N–H and O–H groups in total. The predicted molar refractivity (Wildman–Crippen MR) is 139 cm³/mol. The van der Waals surface area contributed by atoms with Gasteiger partial charge < -0.3 is 19.3 Å². The van der Waals surface area contributed by atoms with Crippen molar-refractivity contribution in [1.29, 1.82) is 0 Å². The highest BCUT2D eigenvalue weighted by molar-refractivity contribution is 5.95. The van der Waals surface area contributed by atoms with Crippen LogP contribution in [0.25, 0.3) is 0 Å². The largest absolute Gasteiger partial charge is 0.493 e. The van der Waals surface area contributed by atoms with Gasteiger partial charge in [-0.25, -0.2) is 9.69 Å². The number of carbonyl (C=O) groups excluding carboxylic acids is 2. The average molecular weight is 502 g/mol. The van der Waals surface area contributed by atoms with Crippen LogP contribution in [-0.4, -0.2) is 41.8 Å². The molecular formula is C30H31NO6. The highest BCUT2D eigenvalue weighted by Gasteiger charge is 2.42. The summed E-state index contributed by atoms with van der Waals surface area (Å²) in [6.45, 7) is 4.22. The van der Waals surface area contributed by atoms with Crippen LogP contribution in [0.15, 0.2) is 91.5 Å². The first kappa shape index (κ1) is 26.0. The van der Waals surface area contributed by atoms with Crippen LogP contribution >= 0.6 is 0 Å². The van der Waals surface area contributed by atoms with Crippen molar-refractivity contribution in [3.05, 3.63) is 108 Å². The third-order valence-electron chi connectivity index (χ3n) is 6.40. The molecule has 1 fully saturated rings. The average Bonchev–Trinajstić information content (AvgIpc) is 3.30. The molecule has 0 radical (unpaired) electrons. The van der Waals surface area contributed by atoms with Crippen molar-refractivity contribution < 1.29 is 28.9 Å². The number of nitrogens with zero attached hydrogens (tertiary/aromatic N) is 1. The monoisotopic (exact) mass is 501 g/mol. The van der Waals surface area contributed by atoms with Gasteiger partial charge in [-0.15, -0.1) is 6.58 Å². The van der Waals surface area contributed by atoms with Gasteiger partial charge in [-0.1, -0.05) is 72.8 Å². The molecule has 0 unspecified atom stereocenters. The van der Waals surface area contributed by atoms with Gasteiger partial charge in [0.25, 0.3) is 0 Å². The maximum absolute atomic E-state index is 13.6. The zero-order chi connectivity index (χ0) is 26.2. The fourth-order valence-electron chi connectivity index (χ4n) is 4.44. The number of aliphatic hydroxyl groups is 1. The number of benzene rings is 3. The van der Waals surface area contributed by atoms with E-state index in [0.717, 1.165) is 16.0 Å². The van der Waals surface area contributed by atoms with E-state index >= 15 is 0 Å². The number of carbonyl (C=O) groups is 2. The summed E-state index contributed by atoms with van der Waals surface area (Å²) in [5, 5.41) is 11.3. The number of ether oxygens (including phenoxy) is 3. The smallest absolute Gasteiger partial charge is 0.416 e. The molecular weight excluding hydrogens is 470 g/mol. The molecule has 0 saturated carbocycles. The van der Waals surface area contributed by atoms with E-state index < -0.39 is 30.1 Å². The first-order valence-electron chi connectivity index (χ1n) is 12.2. The summed E-state index contributed by atoms with van der Waals surface area (Å²) in [5.74, 6) is -0.485. The number of hydrogen-bond acceptors (Lipinski definition) is 6. The van der Waals surface area contributed by atoms with Gasteiger partial charge in [-0.3, -0.25) is 4.79 Å². The molecule has 1 saturated heterocycles. The normalized spacial score (nSPS) is 16.5. The Bertz CT molecular complexity index is 1210. The lowest BCUT2D eigenvalue weighted by molar-refractivity contribution is -0.137. The van der Waals surface area contributed by atoms with Crippen molar-refractivity contribution in [2.45, 2.75) is 31.6 Å². The number of methoxy groups -OCH3 is 1. The molecule has 3 aromatic rings. The molecule has 3 atom stereocenters. The van der Waals surface area contributed by atoms with Gasteiger partial charge in [0.2, 0.25) is 5.91 Å². The number of allylic oxidation sites excluding steroid dienone is 1. The Morgan fingerprint density at radius 1 is 1.08 bits per heavy atom. The molecule has 1 aliphatic rings. The summed E-state index contributed by atoms with van der Waals surface area (Å²) in [5.41, 5.74) is 2.46. The number of rotatable bonds is 11. The van der Waals surface area contributed by atoms with Gasteiger partial charge in [0.1, 0.15) is 13.2 Å². The second-order valence-electron chi connectivity index (χ2n) is 8.89. The van der Waals surface area contributed by atoms with Crippen LogP contribution in [0.3, 0.4) is 0 Å². The molecule has 3 aromatic carbocycles. The summed E-state index contributed by atoms with van der Waals surface area (Å²) in [7, 11) is 1.52. The zero-order valence-corrected chi connectivity index (χ0v) is 20.8. The molecule has 0 bridgehead atoms. The van der Waals surface area contributed by atoms with E-state index in [2.05, 4.69) is 6.58 Å². The first-order chi connectivity index (χ1) is 18.0. The quantitative estimate of drug-likeness (QED) is 0.369. The van der Waals surface area contributed by atoms with E-state index in [-0.39, 0.29) is 13.0 Å². The van der Waals surface area contributed by atoms with Crippen molar-refractivity contribution in [1.82, 2.24) is 4.90 Å². The molecule has 4 rings (SSSR count). The Hall–Kier alpha value is -4.10. The molecule has 7 nitrogen and oxygen atoms in total. The first-order valence-corrected chi connectivity index (χ1v) is 12.2. The predicted octanol–water partition coefficient (Wildman–Crippen LogP) is 5.09. The number of imide groups is 1. The Morgan fingerprint density at radius 3 is 2.41 bits per heavy atom. The van der Waals surface area contributed by atoms with Gasteiger partial charge in [0.05, 0.1) is 25.2 Å². The molecule has 0 spiro atoms. The third kappa shape index (κ3) is 6.19. The molecule has 2 amide bonds. The van der Waals surface area contributed by atoms with Gasteiger partial charge in [0, 0.05) is 0 Å². The molecule has 37 heavy (non-hydrogen) atoms.